The summed E-state index contributed by atoms with van der Waals surface area (Å²) in [5.41, 5.74) is 0.840. The number of piperidine rings is 2. The Balaban J connectivity index is 1.32. The molecule has 1 N–H and O–H groups in total. The molecule has 0 saturated carbocycles. The molecule has 3 fully saturated rings. The summed E-state index contributed by atoms with van der Waals surface area (Å²) < 4.78 is 44.4. The highest BCUT2D eigenvalue weighted by Gasteiger charge is 2.33. The van der Waals surface area contributed by atoms with Gasteiger partial charge in [0.2, 0.25) is 0 Å². The Morgan fingerprint density at radius 2 is 1.75 bits per heavy atom. The molecule has 8 nitrogen and oxygen atoms in total. The van der Waals surface area contributed by atoms with Crippen LogP contribution in [0, 0.1) is 0 Å². The van der Waals surface area contributed by atoms with Crippen molar-refractivity contribution in [3.05, 3.63) is 18.0 Å². The highest BCUT2D eigenvalue weighted by molar-refractivity contribution is 5.92. The quantitative estimate of drug-likeness (QED) is 0.391. The standard InChI is InChI=1S/C30H45F2N5O3/c1-21(2)37-12-5-23(6-13-37)33-29-24-19-26(38-3)27(40-16-4-11-36-14-9-30(31,32)10-15-36)20-25(24)34-28(35-29)22-7-17-39-18-8-22/h19-23H,4-18H2,1-3H3,(H,33,34,35). The van der Waals surface area contributed by atoms with E-state index < -0.39 is 5.92 Å². The molecule has 0 unspecified atom stereocenters. The second-order valence-electron chi connectivity index (χ2n) is 11.8. The van der Waals surface area contributed by atoms with Gasteiger partial charge in [0.05, 0.1) is 19.2 Å². The maximum absolute atomic E-state index is 13.5. The zero-order chi connectivity index (χ0) is 28.1. The monoisotopic (exact) mass is 561 g/mol. The predicted octanol–water partition coefficient (Wildman–Crippen LogP) is 5.32. The summed E-state index contributed by atoms with van der Waals surface area (Å²) in [5.74, 6) is 0.760. The van der Waals surface area contributed by atoms with Crippen molar-refractivity contribution in [2.24, 2.45) is 0 Å². The lowest BCUT2D eigenvalue weighted by Gasteiger charge is -2.35. The number of anilines is 1. The Labute approximate surface area is 236 Å². The molecule has 2 aromatic rings. The van der Waals surface area contributed by atoms with Gasteiger partial charge in [-0.25, -0.2) is 18.7 Å². The van der Waals surface area contributed by atoms with Crippen LogP contribution in [-0.2, 0) is 4.74 Å². The van der Waals surface area contributed by atoms with Gasteiger partial charge in [-0.1, -0.05) is 0 Å². The lowest BCUT2D eigenvalue weighted by atomic mass is 9.99. The number of hydrogen-bond acceptors (Lipinski definition) is 8. The van der Waals surface area contributed by atoms with Crippen molar-refractivity contribution in [2.45, 2.75) is 82.7 Å². The average molecular weight is 562 g/mol. The number of rotatable bonds is 10. The van der Waals surface area contributed by atoms with E-state index in [1.54, 1.807) is 7.11 Å². The van der Waals surface area contributed by atoms with E-state index in [0.717, 1.165) is 87.5 Å². The van der Waals surface area contributed by atoms with Gasteiger partial charge in [-0.05, 0) is 52.0 Å². The van der Waals surface area contributed by atoms with Crippen LogP contribution in [0.5, 0.6) is 11.5 Å². The highest BCUT2D eigenvalue weighted by atomic mass is 19.3. The maximum Gasteiger partial charge on any atom is 0.250 e. The lowest BCUT2D eigenvalue weighted by Crippen LogP contribution is -2.42. The molecule has 10 heteroatoms. The lowest BCUT2D eigenvalue weighted by molar-refractivity contribution is -0.0554. The van der Waals surface area contributed by atoms with Gasteiger partial charge in [0.25, 0.3) is 5.92 Å². The Kier molecular flexibility index (Phi) is 9.58. The average Bonchev–Trinajstić information content (AvgIpc) is 2.96. The van der Waals surface area contributed by atoms with Crippen molar-refractivity contribution in [3.63, 3.8) is 0 Å². The van der Waals surface area contributed by atoms with Gasteiger partial charge in [0, 0.05) is 88.2 Å². The fourth-order valence-corrected chi connectivity index (χ4v) is 6.00. The zero-order valence-corrected chi connectivity index (χ0v) is 24.3. The van der Waals surface area contributed by atoms with Crippen molar-refractivity contribution in [1.29, 1.82) is 0 Å². The van der Waals surface area contributed by atoms with Crippen LogP contribution in [0.2, 0.25) is 0 Å². The molecule has 1 aromatic carbocycles. The van der Waals surface area contributed by atoms with Gasteiger partial charge < -0.3 is 29.3 Å². The van der Waals surface area contributed by atoms with Crippen LogP contribution in [0.3, 0.4) is 0 Å². The third-order valence-electron chi connectivity index (χ3n) is 8.65. The SMILES string of the molecule is COc1cc2c(NC3CCN(C(C)C)CC3)nc(C3CCOCC3)nc2cc1OCCCN1CCC(F)(F)CC1. The molecule has 0 radical (unpaired) electrons. The topological polar surface area (TPSA) is 72.0 Å². The Hall–Kier alpha value is -2.30. The van der Waals surface area contributed by atoms with Gasteiger partial charge in [-0.15, -0.1) is 0 Å². The zero-order valence-electron chi connectivity index (χ0n) is 24.3. The molecule has 0 bridgehead atoms. The van der Waals surface area contributed by atoms with Crippen LogP contribution >= 0.6 is 0 Å². The van der Waals surface area contributed by atoms with Crippen LogP contribution in [0.15, 0.2) is 12.1 Å². The Bertz CT molecular complexity index is 1110. The van der Waals surface area contributed by atoms with Crippen molar-refractivity contribution < 1.29 is 23.0 Å². The summed E-state index contributed by atoms with van der Waals surface area (Å²) in [5, 5.41) is 4.69. The first-order valence-electron chi connectivity index (χ1n) is 15.0. The second-order valence-corrected chi connectivity index (χ2v) is 11.8. The number of methoxy groups -OCH3 is 1. The maximum atomic E-state index is 13.5. The molecule has 1 aromatic heterocycles. The van der Waals surface area contributed by atoms with Crippen molar-refractivity contribution in [1.82, 2.24) is 19.8 Å². The number of benzene rings is 1. The first-order chi connectivity index (χ1) is 19.3. The number of halogens is 2. The second kappa shape index (κ2) is 13.1. The first-order valence-corrected chi connectivity index (χ1v) is 15.0. The first kappa shape index (κ1) is 29.2. The number of alkyl halides is 2. The fourth-order valence-electron chi connectivity index (χ4n) is 6.00. The summed E-state index contributed by atoms with van der Waals surface area (Å²) in [6.45, 7) is 10.2. The number of nitrogens with zero attached hydrogens (tertiary/aromatic N) is 4. The molecule has 0 amide bonds. The predicted molar refractivity (Wildman–Crippen MR) is 153 cm³/mol. The molecule has 40 heavy (non-hydrogen) atoms. The Morgan fingerprint density at radius 1 is 1.02 bits per heavy atom. The van der Waals surface area contributed by atoms with Gasteiger partial charge in [-0.2, -0.15) is 0 Å². The molecule has 4 heterocycles. The fraction of sp³-hybridized carbons (Fsp3) is 0.733. The molecule has 0 aliphatic carbocycles. The number of hydrogen-bond donors (Lipinski definition) is 1. The van der Waals surface area contributed by atoms with Crippen LogP contribution in [-0.4, -0.2) is 97.4 Å². The molecule has 222 valence electrons. The summed E-state index contributed by atoms with van der Waals surface area (Å²) >= 11 is 0. The Morgan fingerprint density at radius 3 is 2.42 bits per heavy atom. The van der Waals surface area contributed by atoms with Crippen LogP contribution < -0.4 is 14.8 Å². The van der Waals surface area contributed by atoms with Gasteiger partial charge in [-0.3, -0.25) is 0 Å². The molecule has 3 aliphatic heterocycles. The number of ether oxygens (including phenoxy) is 3. The minimum atomic E-state index is -2.52. The third kappa shape index (κ3) is 7.31. The van der Waals surface area contributed by atoms with E-state index in [9.17, 15) is 8.78 Å². The molecular weight excluding hydrogens is 516 g/mol. The van der Waals surface area contributed by atoms with E-state index in [4.69, 9.17) is 24.2 Å². The highest BCUT2D eigenvalue weighted by Crippen LogP contribution is 2.37. The van der Waals surface area contributed by atoms with Gasteiger partial charge >= 0.3 is 0 Å². The molecule has 3 aliphatic rings. The van der Waals surface area contributed by atoms with E-state index in [1.807, 2.05) is 12.1 Å². The number of aromatic nitrogens is 2. The summed E-state index contributed by atoms with van der Waals surface area (Å²) in [6.07, 6.45) is 4.61. The van der Waals surface area contributed by atoms with Crippen LogP contribution in [0.25, 0.3) is 10.9 Å². The summed E-state index contributed by atoms with van der Waals surface area (Å²) in [4.78, 5) is 14.7. The van der Waals surface area contributed by atoms with Crippen molar-refractivity contribution >= 4 is 16.7 Å². The van der Waals surface area contributed by atoms with Gasteiger partial charge in [0.15, 0.2) is 11.5 Å². The molecule has 0 atom stereocenters. The number of fused-ring (bicyclic) bond motifs is 1. The minimum absolute atomic E-state index is 0.0608. The largest absolute Gasteiger partial charge is 0.493 e. The smallest absolute Gasteiger partial charge is 0.250 e. The summed E-state index contributed by atoms with van der Waals surface area (Å²) in [7, 11) is 1.65. The molecule has 0 spiro atoms. The third-order valence-corrected chi connectivity index (χ3v) is 8.65. The molecule has 3 saturated heterocycles. The van der Waals surface area contributed by atoms with Crippen molar-refractivity contribution in [2.75, 3.05) is 65.0 Å². The van der Waals surface area contributed by atoms with Crippen LogP contribution in [0.4, 0.5) is 14.6 Å². The number of likely N-dealkylation sites (tertiary alicyclic amines) is 2. The van der Waals surface area contributed by atoms with Crippen molar-refractivity contribution in [3.8, 4) is 11.5 Å². The van der Waals surface area contributed by atoms with E-state index in [1.165, 1.54) is 0 Å². The van der Waals surface area contributed by atoms with E-state index >= 15 is 0 Å². The van der Waals surface area contributed by atoms with Crippen LogP contribution in [0.1, 0.15) is 70.5 Å². The summed E-state index contributed by atoms with van der Waals surface area (Å²) in [6, 6.07) is 4.86. The van der Waals surface area contributed by atoms with E-state index in [0.29, 0.717) is 43.3 Å². The van der Waals surface area contributed by atoms with Gasteiger partial charge in [0.1, 0.15) is 11.6 Å². The van der Waals surface area contributed by atoms with E-state index in [-0.39, 0.29) is 18.8 Å². The number of nitrogens with one attached hydrogen (secondary N) is 1. The minimum Gasteiger partial charge on any atom is -0.493 e. The molecule has 5 rings (SSSR count). The van der Waals surface area contributed by atoms with E-state index in [2.05, 4.69) is 29.0 Å². The molecular formula is C30H45F2N5O3. The normalized spacial score (nSPS) is 21.6.